The molecule has 0 spiro atoms. The number of carbonyl (C=O) groups excluding carboxylic acids is 2. The Morgan fingerprint density at radius 2 is 1.88 bits per heavy atom. The second-order valence-corrected chi connectivity index (χ2v) is 10.5. The summed E-state index contributed by atoms with van der Waals surface area (Å²) in [5.41, 5.74) is 0.782. The van der Waals surface area contributed by atoms with Crippen LogP contribution in [0.2, 0.25) is 0 Å². The molecule has 216 valence electrons. The lowest BCUT2D eigenvalue weighted by Crippen LogP contribution is -2.47. The van der Waals surface area contributed by atoms with Crippen molar-refractivity contribution < 1.29 is 27.2 Å². The van der Waals surface area contributed by atoms with E-state index in [0.717, 1.165) is 11.1 Å². The Morgan fingerprint density at radius 1 is 1.15 bits per heavy atom. The molecule has 3 aromatic rings. The summed E-state index contributed by atoms with van der Waals surface area (Å²) in [5, 5.41) is 2.79. The minimum absolute atomic E-state index is 0.0914. The van der Waals surface area contributed by atoms with Gasteiger partial charge in [-0.2, -0.15) is 4.39 Å². The highest BCUT2D eigenvalue weighted by Crippen LogP contribution is 2.48. The summed E-state index contributed by atoms with van der Waals surface area (Å²) in [4.78, 5) is 47.6. The largest absolute Gasteiger partial charge is 0.342 e. The molecule has 2 fully saturated rings. The van der Waals surface area contributed by atoms with Gasteiger partial charge in [0, 0.05) is 37.6 Å². The van der Waals surface area contributed by atoms with Gasteiger partial charge >= 0.3 is 0 Å². The molecule has 1 N–H and O–H groups in total. The molecule has 1 saturated carbocycles. The number of aromatic nitrogens is 3. The maximum absolute atomic E-state index is 15.0. The van der Waals surface area contributed by atoms with Gasteiger partial charge in [-0.05, 0) is 24.5 Å². The van der Waals surface area contributed by atoms with E-state index in [1.807, 2.05) is 0 Å². The number of hydrogen-bond donors (Lipinski definition) is 1. The first kappa shape index (κ1) is 28.4. The van der Waals surface area contributed by atoms with Crippen LogP contribution in [0.1, 0.15) is 60.7 Å². The van der Waals surface area contributed by atoms with Gasteiger partial charge in [0.05, 0.1) is 36.6 Å². The first-order valence-corrected chi connectivity index (χ1v) is 13.4. The highest BCUT2D eigenvalue weighted by Gasteiger charge is 2.47. The zero-order valence-corrected chi connectivity index (χ0v) is 22.3. The topological polar surface area (TPSA) is 97.2 Å². The smallest absolute Gasteiger partial charge is 0.268 e. The third-order valence-corrected chi connectivity index (χ3v) is 7.62. The molecule has 1 aliphatic carbocycles. The molecule has 3 heterocycles. The lowest BCUT2D eigenvalue weighted by molar-refractivity contribution is -0.138. The van der Waals surface area contributed by atoms with Crippen molar-refractivity contribution >= 4 is 11.8 Å². The third-order valence-electron chi connectivity index (χ3n) is 7.62. The van der Waals surface area contributed by atoms with Gasteiger partial charge < -0.3 is 14.8 Å². The van der Waals surface area contributed by atoms with Crippen LogP contribution in [0.5, 0.6) is 0 Å². The SMILES string of the molecule is CCn1cc(CC(=O)N2C[C@H](F)C[C@H]2C(=O)N[C@@H](c2ccccc2)c2ccc(C3CC(F)(F)C3)c(F)n2)ncc1=O. The molecule has 1 aromatic carbocycles. The number of nitrogens with zero attached hydrogens (tertiary/aromatic N) is 4. The van der Waals surface area contributed by atoms with Crippen molar-refractivity contribution in [3.8, 4) is 0 Å². The number of rotatable bonds is 8. The van der Waals surface area contributed by atoms with Gasteiger partial charge in [0.2, 0.25) is 23.7 Å². The lowest BCUT2D eigenvalue weighted by Gasteiger charge is -2.35. The van der Waals surface area contributed by atoms with E-state index in [9.17, 15) is 31.9 Å². The van der Waals surface area contributed by atoms with E-state index in [4.69, 9.17) is 0 Å². The van der Waals surface area contributed by atoms with Crippen LogP contribution in [0.25, 0.3) is 0 Å². The average Bonchev–Trinajstić information content (AvgIpc) is 3.33. The van der Waals surface area contributed by atoms with Gasteiger partial charge in [-0.15, -0.1) is 0 Å². The monoisotopic (exact) mass is 571 g/mol. The highest BCUT2D eigenvalue weighted by molar-refractivity contribution is 5.89. The van der Waals surface area contributed by atoms with Crippen LogP contribution >= 0.6 is 0 Å². The molecule has 41 heavy (non-hydrogen) atoms. The van der Waals surface area contributed by atoms with Crippen molar-refractivity contribution in [1.82, 2.24) is 24.8 Å². The van der Waals surface area contributed by atoms with Crippen LogP contribution in [0.15, 0.2) is 59.7 Å². The van der Waals surface area contributed by atoms with E-state index < -0.39 is 60.7 Å². The summed E-state index contributed by atoms with van der Waals surface area (Å²) in [6.45, 7) is 1.87. The summed E-state index contributed by atoms with van der Waals surface area (Å²) in [5.74, 6) is -5.52. The summed E-state index contributed by atoms with van der Waals surface area (Å²) >= 11 is 0. The van der Waals surface area contributed by atoms with Gasteiger partial charge in [-0.3, -0.25) is 19.4 Å². The Bertz CT molecular complexity index is 1490. The number of aryl methyl sites for hydroxylation is 1. The average molecular weight is 572 g/mol. The molecule has 0 radical (unpaired) electrons. The Labute approximate surface area is 233 Å². The lowest BCUT2D eigenvalue weighted by atomic mass is 9.77. The first-order valence-electron chi connectivity index (χ1n) is 13.4. The van der Waals surface area contributed by atoms with Gasteiger partial charge in [0.1, 0.15) is 12.2 Å². The maximum atomic E-state index is 15.0. The molecule has 1 saturated heterocycles. The molecule has 12 heteroatoms. The predicted molar refractivity (Wildman–Crippen MR) is 140 cm³/mol. The second kappa shape index (κ2) is 11.4. The fraction of sp³-hybridized carbons (Fsp3) is 0.414. The number of alkyl halides is 3. The number of amides is 2. The predicted octanol–water partition coefficient (Wildman–Crippen LogP) is 3.70. The molecule has 8 nitrogen and oxygen atoms in total. The minimum atomic E-state index is -2.82. The Balaban J connectivity index is 1.36. The zero-order chi connectivity index (χ0) is 29.3. The maximum Gasteiger partial charge on any atom is 0.268 e. The van der Waals surface area contributed by atoms with Gasteiger partial charge in [0.25, 0.3) is 5.56 Å². The minimum Gasteiger partial charge on any atom is -0.342 e. The van der Waals surface area contributed by atoms with Crippen molar-refractivity contribution in [2.45, 2.75) is 69.2 Å². The van der Waals surface area contributed by atoms with Crippen LogP contribution < -0.4 is 10.9 Å². The number of hydrogen-bond acceptors (Lipinski definition) is 5. The van der Waals surface area contributed by atoms with Crippen LogP contribution in [0.3, 0.4) is 0 Å². The van der Waals surface area contributed by atoms with E-state index >= 15 is 0 Å². The van der Waals surface area contributed by atoms with Gasteiger partial charge in [0.15, 0.2) is 0 Å². The van der Waals surface area contributed by atoms with Crippen LogP contribution in [0.4, 0.5) is 17.6 Å². The van der Waals surface area contributed by atoms with Crippen molar-refractivity contribution in [2.75, 3.05) is 6.54 Å². The van der Waals surface area contributed by atoms with E-state index in [2.05, 4.69) is 15.3 Å². The Hall–Kier alpha value is -4.09. The van der Waals surface area contributed by atoms with E-state index in [0.29, 0.717) is 17.8 Å². The number of carbonyl (C=O) groups is 2. The van der Waals surface area contributed by atoms with Crippen LogP contribution in [0, 0.1) is 5.95 Å². The fourth-order valence-electron chi connectivity index (χ4n) is 5.41. The molecule has 0 unspecified atom stereocenters. The van der Waals surface area contributed by atoms with E-state index in [1.54, 1.807) is 37.3 Å². The molecular formula is C29H29F4N5O3. The molecule has 2 aromatic heterocycles. The normalized spacial score (nSPS) is 20.9. The number of halogens is 4. The van der Waals surface area contributed by atoms with Crippen molar-refractivity contribution in [1.29, 1.82) is 0 Å². The van der Waals surface area contributed by atoms with Crippen molar-refractivity contribution in [2.24, 2.45) is 0 Å². The Kier molecular flexibility index (Phi) is 7.92. The molecule has 0 bridgehead atoms. The summed E-state index contributed by atoms with van der Waals surface area (Å²) in [7, 11) is 0. The molecule has 3 atom stereocenters. The molecule has 2 amide bonds. The van der Waals surface area contributed by atoms with Crippen molar-refractivity contribution in [3.05, 3.63) is 93.7 Å². The molecule has 1 aliphatic heterocycles. The van der Waals surface area contributed by atoms with Crippen LogP contribution in [-0.4, -0.2) is 55.9 Å². The number of pyridine rings is 1. The van der Waals surface area contributed by atoms with Gasteiger partial charge in [-0.25, -0.2) is 18.2 Å². The third kappa shape index (κ3) is 6.15. The second-order valence-electron chi connectivity index (χ2n) is 10.5. The molecule has 2 aliphatic rings. The quantitative estimate of drug-likeness (QED) is 0.329. The number of benzene rings is 1. The number of nitrogens with one attached hydrogen (secondary N) is 1. The van der Waals surface area contributed by atoms with E-state index in [1.165, 1.54) is 22.9 Å². The molecule has 5 rings (SSSR count). The Morgan fingerprint density at radius 3 is 2.54 bits per heavy atom. The summed E-state index contributed by atoms with van der Waals surface area (Å²) in [6.07, 6.45) is -0.221. The van der Waals surface area contributed by atoms with E-state index in [-0.39, 0.29) is 36.2 Å². The standard InChI is InChI=1S/C29H29F4N5O3/c1-2-37-16-20(34-14-25(37)40)11-24(39)38-15-19(30)10-23(38)28(41)36-26(17-6-4-3-5-7-17)22-9-8-21(27(31)35-22)18-12-29(32,33)13-18/h3-9,14,16,18-19,23,26H,2,10-13,15H2,1H3,(H,36,41)/t19-,23+,26+/m1/s1. The highest BCUT2D eigenvalue weighted by atomic mass is 19.3. The van der Waals surface area contributed by atoms with Gasteiger partial charge in [-0.1, -0.05) is 36.4 Å². The molecular weight excluding hydrogens is 542 g/mol. The zero-order valence-electron chi connectivity index (χ0n) is 22.3. The van der Waals surface area contributed by atoms with Crippen LogP contribution in [-0.2, 0) is 22.6 Å². The summed E-state index contributed by atoms with van der Waals surface area (Å²) < 4.78 is 57.6. The number of likely N-dealkylation sites (tertiary alicyclic amines) is 1. The fourth-order valence-corrected chi connectivity index (χ4v) is 5.41. The first-order chi connectivity index (χ1) is 19.5. The van der Waals surface area contributed by atoms with Crippen molar-refractivity contribution in [3.63, 3.8) is 0 Å². The summed E-state index contributed by atoms with van der Waals surface area (Å²) in [6, 6.07) is 9.42.